The van der Waals surface area contributed by atoms with Crippen LogP contribution < -0.4 is 5.32 Å². The summed E-state index contributed by atoms with van der Waals surface area (Å²) in [7, 11) is 0. The molecule has 0 aliphatic heterocycles. The number of thiophene rings is 1. The smallest absolute Gasteiger partial charge is 0.0701 e. The molecule has 1 N–H and O–H groups in total. The van der Waals surface area contributed by atoms with E-state index in [2.05, 4.69) is 39.6 Å². The van der Waals surface area contributed by atoms with Crippen molar-refractivity contribution in [3.63, 3.8) is 0 Å². The Kier molecular flexibility index (Phi) is 5.30. The molecular weight excluding hydrogens is 254 g/mol. The molecule has 0 aliphatic rings. The van der Waals surface area contributed by atoms with Crippen LogP contribution in [0.15, 0.2) is 15.9 Å². The number of halogens is 1. The number of hydrogen-bond acceptors (Lipinski definition) is 3. The lowest BCUT2D eigenvalue weighted by Crippen LogP contribution is -2.15. The van der Waals surface area contributed by atoms with Crippen molar-refractivity contribution in [2.45, 2.75) is 6.54 Å². The Morgan fingerprint density at radius 2 is 2.42 bits per heavy atom. The second-order valence-electron chi connectivity index (χ2n) is 2.38. The standard InChI is InChI=1S/C8H12BrNS2/c1-11-5-4-10-6-7-2-3-8(9)12-7/h2-3,10H,4-6H2,1H3. The van der Waals surface area contributed by atoms with Crippen molar-refractivity contribution in [3.8, 4) is 0 Å². The van der Waals surface area contributed by atoms with Gasteiger partial charge in [0.15, 0.2) is 0 Å². The largest absolute Gasteiger partial charge is 0.311 e. The lowest BCUT2D eigenvalue weighted by molar-refractivity contribution is 0.741. The van der Waals surface area contributed by atoms with Crippen molar-refractivity contribution >= 4 is 39.0 Å². The number of nitrogens with one attached hydrogen (secondary N) is 1. The fraction of sp³-hybridized carbons (Fsp3) is 0.500. The molecule has 0 saturated carbocycles. The molecule has 0 aliphatic carbocycles. The van der Waals surface area contributed by atoms with Crippen LogP contribution in [0.1, 0.15) is 4.88 Å². The summed E-state index contributed by atoms with van der Waals surface area (Å²) in [5, 5.41) is 3.38. The van der Waals surface area contributed by atoms with Crippen molar-refractivity contribution in [1.82, 2.24) is 5.32 Å². The van der Waals surface area contributed by atoms with Crippen LogP contribution in [0.3, 0.4) is 0 Å². The summed E-state index contributed by atoms with van der Waals surface area (Å²) >= 11 is 7.11. The predicted molar refractivity (Wildman–Crippen MR) is 62.1 cm³/mol. The van der Waals surface area contributed by atoms with E-state index >= 15 is 0 Å². The summed E-state index contributed by atoms with van der Waals surface area (Å²) in [5.41, 5.74) is 0. The van der Waals surface area contributed by atoms with E-state index in [-0.39, 0.29) is 0 Å². The summed E-state index contributed by atoms with van der Waals surface area (Å²) in [4.78, 5) is 1.39. The van der Waals surface area contributed by atoms with Crippen molar-refractivity contribution < 1.29 is 0 Å². The molecule has 12 heavy (non-hydrogen) atoms. The van der Waals surface area contributed by atoms with E-state index in [1.54, 1.807) is 11.3 Å². The van der Waals surface area contributed by atoms with Gasteiger partial charge in [-0.05, 0) is 34.3 Å². The highest BCUT2D eigenvalue weighted by Crippen LogP contribution is 2.21. The van der Waals surface area contributed by atoms with Gasteiger partial charge in [0.05, 0.1) is 3.79 Å². The van der Waals surface area contributed by atoms with Crippen LogP contribution in [0.2, 0.25) is 0 Å². The van der Waals surface area contributed by atoms with Gasteiger partial charge in [0.2, 0.25) is 0 Å². The van der Waals surface area contributed by atoms with E-state index < -0.39 is 0 Å². The van der Waals surface area contributed by atoms with E-state index in [0.29, 0.717) is 0 Å². The van der Waals surface area contributed by atoms with Crippen molar-refractivity contribution in [2.75, 3.05) is 18.6 Å². The quantitative estimate of drug-likeness (QED) is 0.822. The third-order valence-electron chi connectivity index (χ3n) is 1.41. The first-order chi connectivity index (χ1) is 5.83. The Morgan fingerprint density at radius 1 is 1.58 bits per heavy atom. The minimum atomic E-state index is 0.997. The monoisotopic (exact) mass is 265 g/mol. The van der Waals surface area contributed by atoms with Gasteiger partial charge in [0, 0.05) is 23.7 Å². The molecule has 1 heterocycles. The average molecular weight is 266 g/mol. The van der Waals surface area contributed by atoms with E-state index in [1.165, 1.54) is 14.4 Å². The molecule has 1 rings (SSSR count). The van der Waals surface area contributed by atoms with Crippen LogP contribution in [0.4, 0.5) is 0 Å². The Bertz CT molecular complexity index is 225. The molecule has 0 saturated heterocycles. The van der Waals surface area contributed by atoms with Crippen LogP contribution >= 0.6 is 39.0 Å². The number of thioether (sulfide) groups is 1. The van der Waals surface area contributed by atoms with Gasteiger partial charge in [-0.2, -0.15) is 11.8 Å². The van der Waals surface area contributed by atoms with Gasteiger partial charge < -0.3 is 5.32 Å². The van der Waals surface area contributed by atoms with Crippen LogP contribution in [-0.2, 0) is 6.54 Å². The minimum absolute atomic E-state index is 0.997. The zero-order valence-corrected chi connectivity index (χ0v) is 10.2. The van der Waals surface area contributed by atoms with Crippen molar-refractivity contribution in [1.29, 1.82) is 0 Å². The molecule has 0 fully saturated rings. The average Bonchev–Trinajstić information content (AvgIpc) is 2.45. The van der Waals surface area contributed by atoms with E-state index in [9.17, 15) is 0 Å². The van der Waals surface area contributed by atoms with Crippen LogP contribution in [0, 0.1) is 0 Å². The predicted octanol–water partition coefficient (Wildman–Crippen LogP) is 2.96. The summed E-state index contributed by atoms with van der Waals surface area (Å²) in [6.07, 6.45) is 2.13. The summed E-state index contributed by atoms with van der Waals surface area (Å²) in [6, 6.07) is 4.25. The van der Waals surface area contributed by atoms with Gasteiger partial charge in [0.25, 0.3) is 0 Å². The molecular formula is C8H12BrNS2. The van der Waals surface area contributed by atoms with Gasteiger partial charge in [-0.25, -0.2) is 0 Å². The first-order valence-corrected chi connectivity index (χ1v) is 6.77. The first kappa shape index (κ1) is 10.6. The summed E-state index contributed by atoms with van der Waals surface area (Å²) < 4.78 is 1.21. The highest BCUT2D eigenvalue weighted by atomic mass is 79.9. The van der Waals surface area contributed by atoms with Crippen molar-refractivity contribution in [3.05, 3.63) is 20.8 Å². The van der Waals surface area contributed by atoms with Gasteiger partial charge in [-0.3, -0.25) is 0 Å². The molecule has 68 valence electrons. The SMILES string of the molecule is CSCCNCc1ccc(Br)s1. The molecule has 0 atom stereocenters. The molecule has 4 heteroatoms. The maximum absolute atomic E-state index is 3.44. The zero-order chi connectivity index (χ0) is 8.81. The van der Waals surface area contributed by atoms with Crippen molar-refractivity contribution in [2.24, 2.45) is 0 Å². The second kappa shape index (κ2) is 6.02. The maximum Gasteiger partial charge on any atom is 0.0701 e. The third kappa shape index (κ3) is 3.94. The van der Waals surface area contributed by atoms with E-state index in [0.717, 1.165) is 13.1 Å². The maximum atomic E-state index is 3.44. The molecule has 1 nitrogen and oxygen atoms in total. The molecule has 0 aromatic carbocycles. The Hall–Kier alpha value is 0.490. The Labute approximate surface area is 90.1 Å². The second-order valence-corrected chi connectivity index (χ2v) is 5.91. The molecule has 0 bridgehead atoms. The van der Waals surface area contributed by atoms with E-state index in [1.807, 2.05) is 11.8 Å². The molecule has 1 aromatic heterocycles. The molecule has 1 aromatic rings. The number of hydrogen-bond donors (Lipinski definition) is 1. The third-order valence-corrected chi connectivity index (χ3v) is 3.65. The first-order valence-electron chi connectivity index (χ1n) is 3.77. The number of rotatable bonds is 5. The zero-order valence-electron chi connectivity index (χ0n) is 6.97. The molecule has 0 radical (unpaired) electrons. The van der Waals surface area contributed by atoms with Crippen LogP contribution in [0.25, 0.3) is 0 Å². The highest BCUT2D eigenvalue weighted by molar-refractivity contribution is 9.11. The lowest BCUT2D eigenvalue weighted by Gasteiger charge is -1.99. The minimum Gasteiger partial charge on any atom is -0.311 e. The van der Waals surface area contributed by atoms with Crippen LogP contribution in [0.5, 0.6) is 0 Å². The van der Waals surface area contributed by atoms with Gasteiger partial charge in [0.1, 0.15) is 0 Å². The molecule has 0 spiro atoms. The normalized spacial score (nSPS) is 10.5. The molecule has 0 unspecified atom stereocenters. The Balaban J connectivity index is 2.15. The van der Waals surface area contributed by atoms with Gasteiger partial charge in [-0.15, -0.1) is 11.3 Å². The fourth-order valence-corrected chi connectivity index (χ4v) is 2.63. The fourth-order valence-electron chi connectivity index (χ4n) is 0.833. The van der Waals surface area contributed by atoms with Crippen LogP contribution in [-0.4, -0.2) is 18.6 Å². The Morgan fingerprint density at radius 3 is 3.00 bits per heavy atom. The van der Waals surface area contributed by atoms with Gasteiger partial charge in [-0.1, -0.05) is 0 Å². The summed E-state index contributed by atoms with van der Waals surface area (Å²) in [6.45, 7) is 2.09. The van der Waals surface area contributed by atoms with E-state index in [4.69, 9.17) is 0 Å². The highest BCUT2D eigenvalue weighted by Gasteiger charge is 1.95. The molecule has 0 amide bonds. The lowest BCUT2D eigenvalue weighted by atomic mass is 10.4. The summed E-state index contributed by atoms with van der Waals surface area (Å²) in [5.74, 6) is 1.19. The van der Waals surface area contributed by atoms with Gasteiger partial charge >= 0.3 is 0 Å². The topological polar surface area (TPSA) is 12.0 Å².